The standard InChI is InChI=1S/C16H30N/c1-13-10-14(2)16(15(3)11-13)12-17(4)8-6-5-7-9-17/h10,14-16H,5-9,11-12H2,1-4H3/q+1/t14-,15-,16+/m1/s1. The first-order chi connectivity index (χ1) is 8.00. The van der Waals surface area contributed by atoms with E-state index in [4.69, 9.17) is 0 Å². The molecule has 1 aliphatic heterocycles. The summed E-state index contributed by atoms with van der Waals surface area (Å²) in [7, 11) is 2.49. The van der Waals surface area contributed by atoms with Gasteiger partial charge in [0.15, 0.2) is 0 Å². The molecule has 0 radical (unpaired) electrons. The topological polar surface area (TPSA) is 0 Å². The Labute approximate surface area is 107 Å². The highest BCUT2D eigenvalue weighted by molar-refractivity contribution is 5.08. The molecule has 0 amide bonds. The quantitative estimate of drug-likeness (QED) is 0.504. The van der Waals surface area contributed by atoms with Crippen LogP contribution in [0.2, 0.25) is 0 Å². The van der Waals surface area contributed by atoms with Crippen molar-refractivity contribution in [2.45, 2.75) is 46.5 Å². The van der Waals surface area contributed by atoms with Crippen molar-refractivity contribution in [1.82, 2.24) is 0 Å². The van der Waals surface area contributed by atoms with Crippen molar-refractivity contribution in [3.8, 4) is 0 Å². The van der Waals surface area contributed by atoms with Gasteiger partial charge in [0, 0.05) is 5.92 Å². The molecule has 3 atom stereocenters. The lowest BCUT2D eigenvalue weighted by molar-refractivity contribution is -0.918. The lowest BCUT2D eigenvalue weighted by Crippen LogP contribution is -2.52. The third-order valence-corrected chi connectivity index (χ3v) is 5.15. The maximum Gasteiger partial charge on any atom is 0.0821 e. The predicted molar refractivity (Wildman–Crippen MR) is 74.8 cm³/mol. The molecule has 2 rings (SSSR count). The first-order valence-electron chi connectivity index (χ1n) is 7.51. The zero-order valence-electron chi connectivity index (χ0n) is 12.2. The number of allylic oxidation sites excluding steroid dienone is 2. The van der Waals surface area contributed by atoms with Gasteiger partial charge in [-0.15, -0.1) is 0 Å². The molecule has 0 spiro atoms. The Hall–Kier alpha value is -0.300. The summed E-state index contributed by atoms with van der Waals surface area (Å²) in [6, 6.07) is 0. The summed E-state index contributed by atoms with van der Waals surface area (Å²) in [6.07, 6.45) is 8.21. The van der Waals surface area contributed by atoms with Crippen LogP contribution in [-0.2, 0) is 0 Å². The van der Waals surface area contributed by atoms with Gasteiger partial charge in [-0.3, -0.25) is 0 Å². The van der Waals surface area contributed by atoms with Crippen molar-refractivity contribution in [3.63, 3.8) is 0 Å². The van der Waals surface area contributed by atoms with Crippen molar-refractivity contribution in [1.29, 1.82) is 0 Å². The third-order valence-electron chi connectivity index (χ3n) is 5.15. The van der Waals surface area contributed by atoms with E-state index in [1.54, 1.807) is 5.57 Å². The SMILES string of the molecule is CC1=C[C@@H](C)[C@H](C[N+]2(C)CCCCC2)[C@H](C)C1. The van der Waals surface area contributed by atoms with Crippen LogP contribution < -0.4 is 0 Å². The molecule has 1 saturated heterocycles. The first kappa shape index (κ1) is 13.1. The van der Waals surface area contributed by atoms with E-state index in [0.717, 1.165) is 17.8 Å². The molecule has 0 bridgehead atoms. The summed E-state index contributed by atoms with van der Waals surface area (Å²) >= 11 is 0. The monoisotopic (exact) mass is 236 g/mol. The Morgan fingerprint density at radius 3 is 2.41 bits per heavy atom. The molecule has 0 N–H and O–H groups in total. The Balaban J connectivity index is 2.02. The number of likely N-dealkylation sites (tertiary alicyclic amines) is 1. The highest BCUT2D eigenvalue weighted by Crippen LogP contribution is 2.35. The number of quaternary nitrogens is 1. The summed E-state index contributed by atoms with van der Waals surface area (Å²) in [4.78, 5) is 0. The van der Waals surface area contributed by atoms with Gasteiger partial charge >= 0.3 is 0 Å². The molecule has 0 aromatic heterocycles. The minimum atomic E-state index is 0.788. The van der Waals surface area contributed by atoms with Gasteiger partial charge < -0.3 is 4.48 Å². The molecular weight excluding hydrogens is 206 g/mol. The lowest BCUT2D eigenvalue weighted by Gasteiger charge is -2.44. The summed E-state index contributed by atoms with van der Waals surface area (Å²) in [5.41, 5.74) is 1.61. The van der Waals surface area contributed by atoms with Gasteiger partial charge in [-0.1, -0.05) is 25.5 Å². The predicted octanol–water partition coefficient (Wildman–Crippen LogP) is 3.86. The lowest BCUT2D eigenvalue weighted by atomic mass is 9.74. The largest absolute Gasteiger partial charge is 0.326 e. The molecule has 0 aromatic carbocycles. The molecule has 0 saturated carbocycles. The molecule has 17 heavy (non-hydrogen) atoms. The number of rotatable bonds is 2. The normalized spacial score (nSPS) is 37.6. The van der Waals surface area contributed by atoms with E-state index in [9.17, 15) is 0 Å². The number of hydrogen-bond acceptors (Lipinski definition) is 0. The van der Waals surface area contributed by atoms with Crippen LogP contribution in [0.5, 0.6) is 0 Å². The van der Waals surface area contributed by atoms with E-state index >= 15 is 0 Å². The van der Waals surface area contributed by atoms with E-state index in [-0.39, 0.29) is 0 Å². The van der Waals surface area contributed by atoms with E-state index in [0.29, 0.717) is 0 Å². The number of nitrogens with zero attached hydrogens (tertiary/aromatic N) is 1. The minimum absolute atomic E-state index is 0.788. The van der Waals surface area contributed by atoms with E-state index in [1.165, 1.54) is 49.8 Å². The fourth-order valence-corrected chi connectivity index (χ4v) is 4.13. The second-order valence-electron chi connectivity index (χ2n) is 7.03. The highest BCUT2D eigenvalue weighted by Gasteiger charge is 2.35. The van der Waals surface area contributed by atoms with Crippen LogP contribution in [0.1, 0.15) is 46.5 Å². The van der Waals surface area contributed by atoms with Gasteiger partial charge in [0.1, 0.15) is 0 Å². The summed E-state index contributed by atoms with van der Waals surface area (Å²) in [5.74, 6) is 2.57. The van der Waals surface area contributed by atoms with Crippen LogP contribution >= 0.6 is 0 Å². The average Bonchev–Trinajstić information content (AvgIpc) is 2.24. The van der Waals surface area contributed by atoms with Crippen LogP contribution in [0.25, 0.3) is 0 Å². The van der Waals surface area contributed by atoms with Crippen LogP contribution in [-0.4, -0.2) is 31.2 Å². The average molecular weight is 236 g/mol. The molecular formula is C16H30N+. The van der Waals surface area contributed by atoms with Crippen molar-refractivity contribution in [2.24, 2.45) is 17.8 Å². The van der Waals surface area contributed by atoms with Gasteiger partial charge in [-0.05, 0) is 44.4 Å². The number of piperidine rings is 1. The van der Waals surface area contributed by atoms with E-state index in [2.05, 4.69) is 33.9 Å². The zero-order valence-corrected chi connectivity index (χ0v) is 12.2. The molecule has 0 unspecified atom stereocenters. The van der Waals surface area contributed by atoms with Crippen LogP contribution in [0.4, 0.5) is 0 Å². The maximum atomic E-state index is 2.53. The Kier molecular flexibility index (Phi) is 3.97. The second-order valence-corrected chi connectivity index (χ2v) is 7.03. The van der Waals surface area contributed by atoms with Gasteiger partial charge in [0.05, 0.1) is 26.7 Å². The smallest absolute Gasteiger partial charge is 0.0821 e. The first-order valence-corrected chi connectivity index (χ1v) is 7.51. The summed E-state index contributed by atoms with van der Waals surface area (Å²) in [6.45, 7) is 11.4. The second kappa shape index (κ2) is 5.14. The van der Waals surface area contributed by atoms with Gasteiger partial charge in [-0.25, -0.2) is 0 Å². The molecule has 0 aromatic rings. The molecule has 1 fully saturated rings. The molecule has 2 aliphatic rings. The van der Waals surface area contributed by atoms with Crippen LogP contribution in [0, 0.1) is 17.8 Å². The molecule has 1 nitrogen and oxygen atoms in total. The highest BCUT2D eigenvalue weighted by atomic mass is 15.3. The number of hydrogen-bond donors (Lipinski definition) is 0. The molecule has 1 aliphatic carbocycles. The summed E-state index contributed by atoms with van der Waals surface area (Å²) < 4.78 is 1.34. The third kappa shape index (κ3) is 3.13. The van der Waals surface area contributed by atoms with Crippen molar-refractivity contribution in [2.75, 3.05) is 26.7 Å². The van der Waals surface area contributed by atoms with Crippen molar-refractivity contribution < 1.29 is 4.48 Å². The Morgan fingerprint density at radius 1 is 1.18 bits per heavy atom. The van der Waals surface area contributed by atoms with Gasteiger partial charge in [0.2, 0.25) is 0 Å². The zero-order chi connectivity index (χ0) is 12.5. The summed E-state index contributed by atoms with van der Waals surface area (Å²) in [5, 5.41) is 0. The van der Waals surface area contributed by atoms with Crippen LogP contribution in [0.3, 0.4) is 0 Å². The fraction of sp³-hybridized carbons (Fsp3) is 0.875. The van der Waals surface area contributed by atoms with Gasteiger partial charge in [-0.2, -0.15) is 0 Å². The molecule has 1 heteroatoms. The van der Waals surface area contributed by atoms with Crippen molar-refractivity contribution >= 4 is 0 Å². The molecule has 1 heterocycles. The van der Waals surface area contributed by atoms with Crippen molar-refractivity contribution in [3.05, 3.63) is 11.6 Å². The maximum absolute atomic E-state index is 2.53. The molecule has 98 valence electrons. The Morgan fingerprint density at radius 2 is 1.82 bits per heavy atom. The Bertz CT molecular complexity index is 286. The van der Waals surface area contributed by atoms with E-state index in [1.807, 2.05) is 0 Å². The van der Waals surface area contributed by atoms with E-state index < -0.39 is 0 Å². The van der Waals surface area contributed by atoms with Gasteiger partial charge in [0.25, 0.3) is 0 Å². The minimum Gasteiger partial charge on any atom is -0.326 e. The fourth-order valence-electron chi connectivity index (χ4n) is 4.13. The van der Waals surface area contributed by atoms with Crippen LogP contribution in [0.15, 0.2) is 11.6 Å².